The fourth-order valence-electron chi connectivity index (χ4n) is 3.74. The van der Waals surface area contributed by atoms with Gasteiger partial charge in [-0.3, -0.25) is 0 Å². The molecule has 2 aromatic rings. The van der Waals surface area contributed by atoms with Crippen LogP contribution >= 0.6 is 7.60 Å². The summed E-state index contributed by atoms with van der Waals surface area (Å²) in [5.41, 5.74) is 4.01. The molecule has 0 spiro atoms. The Kier molecular flexibility index (Phi) is 9.78. The zero-order valence-electron chi connectivity index (χ0n) is 19.8. The van der Waals surface area contributed by atoms with Gasteiger partial charge in [-0.05, 0) is 80.0 Å². The van der Waals surface area contributed by atoms with E-state index in [1.54, 1.807) is 18.2 Å². The second kappa shape index (κ2) is 11.9. The molecule has 0 fully saturated rings. The SMILES string of the molecule is Cc1cc(O)cc(CCC[N+](C)(C)CCOP(=O)([O-])CCCCc2ccc(C)c(O)c2)c1. The van der Waals surface area contributed by atoms with Crippen LogP contribution in [0.3, 0.4) is 0 Å². The van der Waals surface area contributed by atoms with Crippen molar-refractivity contribution >= 4 is 7.60 Å². The zero-order valence-corrected chi connectivity index (χ0v) is 20.7. The largest absolute Gasteiger partial charge is 0.778 e. The molecule has 0 bridgehead atoms. The molecule has 1 atom stereocenters. The average Bonchev–Trinajstić information content (AvgIpc) is 2.66. The Morgan fingerprint density at radius 1 is 0.938 bits per heavy atom. The first-order valence-electron chi connectivity index (χ1n) is 11.3. The van der Waals surface area contributed by atoms with Crippen LogP contribution in [0.15, 0.2) is 36.4 Å². The predicted octanol–water partition coefficient (Wildman–Crippen LogP) is 4.32. The van der Waals surface area contributed by atoms with Gasteiger partial charge in [0.1, 0.15) is 32.2 Å². The molecule has 0 radical (unpaired) electrons. The summed E-state index contributed by atoms with van der Waals surface area (Å²) in [4.78, 5) is 12.2. The maximum absolute atomic E-state index is 12.2. The minimum Gasteiger partial charge on any atom is -0.778 e. The van der Waals surface area contributed by atoms with Crippen molar-refractivity contribution in [1.82, 2.24) is 0 Å². The van der Waals surface area contributed by atoms with Crippen LogP contribution in [0.25, 0.3) is 0 Å². The predicted molar refractivity (Wildman–Crippen MR) is 127 cm³/mol. The molecule has 0 saturated heterocycles. The number of nitrogens with zero attached hydrogens (tertiary/aromatic N) is 1. The average molecular weight is 464 g/mol. The lowest BCUT2D eigenvalue weighted by atomic mass is 10.1. The summed E-state index contributed by atoms with van der Waals surface area (Å²) >= 11 is 0. The van der Waals surface area contributed by atoms with E-state index < -0.39 is 7.60 Å². The van der Waals surface area contributed by atoms with Gasteiger partial charge in [-0.1, -0.05) is 18.2 Å². The summed E-state index contributed by atoms with van der Waals surface area (Å²) in [5, 5.41) is 19.5. The summed E-state index contributed by atoms with van der Waals surface area (Å²) in [6, 6.07) is 11.2. The molecular formula is C25H38NO5P. The first-order chi connectivity index (χ1) is 15.0. The number of likely N-dealkylation sites (N-methyl/N-ethyl adjacent to an activating group) is 1. The number of aryl methyl sites for hydroxylation is 4. The molecule has 0 aliphatic heterocycles. The number of quaternary nitrogens is 1. The van der Waals surface area contributed by atoms with Crippen molar-refractivity contribution in [3.8, 4) is 11.5 Å². The number of rotatable bonds is 13. The first kappa shape index (κ1) is 26.4. The van der Waals surface area contributed by atoms with E-state index in [1.807, 2.05) is 26.0 Å². The molecule has 2 N–H and O–H groups in total. The minimum absolute atomic E-state index is 0.0368. The molecule has 7 heteroatoms. The van der Waals surface area contributed by atoms with Crippen molar-refractivity contribution in [2.45, 2.75) is 46.0 Å². The molecule has 0 aromatic heterocycles. The Bertz CT molecular complexity index is 908. The number of phenolic OH excluding ortho intramolecular Hbond substituents is 2. The lowest BCUT2D eigenvalue weighted by molar-refractivity contribution is -0.890. The Morgan fingerprint density at radius 2 is 1.66 bits per heavy atom. The van der Waals surface area contributed by atoms with Crippen molar-refractivity contribution in [1.29, 1.82) is 0 Å². The van der Waals surface area contributed by atoms with E-state index in [-0.39, 0.29) is 18.5 Å². The number of aromatic hydroxyl groups is 2. The van der Waals surface area contributed by atoms with Crippen molar-refractivity contribution in [3.63, 3.8) is 0 Å². The molecule has 0 aliphatic rings. The van der Waals surface area contributed by atoms with E-state index in [4.69, 9.17) is 4.52 Å². The lowest BCUT2D eigenvalue weighted by Gasteiger charge is -2.31. The van der Waals surface area contributed by atoms with E-state index in [0.29, 0.717) is 23.2 Å². The van der Waals surface area contributed by atoms with Gasteiger partial charge in [0, 0.05) is 12.6 Å². The fourth-order valence-corrected chi connectivity index (χ4v) is 4.84. The number of hydrogen-bond acceptors (Lipinski definition) is 5. The van der Waals surface area contributed by atoms with Crippen LogP contribution in [0.1, 0.15) is 41.5 Å². The van der Waals surface area contributed by atoms with Gasteiger partial charge in [-0.25, -0.2) is 0 Å². The van der Waals surface area contributed by atoms with E-state index in [9.17, 15) is 19.7 Å². The number of phenols is 2. The maximum atomic E-state index is 12.2. The Balaban J connectivity index is 1.65. The van der Waals surface area contributed by atoms with E-state index >= 15 is 0 Å². The Hall–Kier alpha value is -1.85. The van der Waals surface area contributed by atoms with Crippen molar-refractivity contribution in [3.05, 3.63) is 58.7 Å². The topological polar surface area (TPSA) is 89.8 Å². The quantitative estimate of drug-likeness (QED) is 0.262. The molecule has 0 amide bonds. The van der Waals surface area contributed by atoms with Gasteiger partial charge < -0.3 is 28.7 Å². The molecule has 178 valence electrons. The first-order valence-corrected chi connectivity index (χ1v) is 13.0. The maximum Gasteiger partial charge on any atom is 0.135 e. The van der Waals surface area contributed by atoms with Crippen molar-refractivity contribution < 1.29 is 28.7 Å². The monoisotopic (exact) mass is 463 g/mol. The second-order valence-electron chi connectivity index (χ2n) is 9.41. The number of benzene rings is 2. The van der Waals surface area contributed by atoms with Gasteiger partial charge in [-0.2, -0.15) is 0 Å². The normalized spacial score (nSPS) is 13.8. The van der Waals surface area contributed by atoms with Crippen molar-refractivity contribution in [2.75, 3.05) is 40.0 Å². The summed E-state index contributed by atoms with van der Waals surface area (Å²) < 4.78 is 18.2. The third kappa shape index (κ3) is 9.74. The Morgan fingerprint density at radius 3 is 2.34 bits per heavy atom. The van der Waals surface area contributed by atoms with Gasteiger partial charge in [0.25, 0.3) is 0 Å². The molecule has 6 nitrogen and oxygen atoms in total. The highest BCUT2D eigenvalue weighted by molar-refractivity contribution is 7.51. The molecule has 2 rings (SSSR count). The van der Waals surface area contributed by atoms with Crippen LogP contribution in [-0.4, -0.2) is 54.6 Å². The molecule has 0 aliphatic carbocycles. The van der Waals surface area contributed by atoms with Gasteiger partial charge in [0.15, 0.2) is 0 Å². The number of hydrogen-bond donors (Lipinski definition) is 2. The van der Waals surface area contributed by atoms with Crippen LogP contribution in [-0.2, 0) is 21.9 Å². The summed E-state index contributed by atoms with van der Waals surface area (Å²) in [6.45, 7) is 5.51. The van der Waals surface area contributed by atoms with Crippen LogP contribution in [0.5, 0.6) is 11.5 Å². The van der Waals surface area contributed by atoms with Crippen LogP contribution in [0.2, 0.25) is 0 Å². The molecular weight excluding hydrogens is 425 g/mol. The highest BCUT2D eigenvalue weighted by Crippen LogP contribution is 2.38. The Labute approximate surface area is 192 Å². The summed E-state index contributed by atoms with van der Waals surface area (Å²) in [5.74, 6) is 0.573. The molecule has 32 heavy (non-hydrogen) atoms. The molecule has 0 heterocycles. The van der Waals surface area contributed by atoms with Gasteiger partial charge >= 0.3 is 0 Å². The second-order valence-corrected chi connectivity index (χ2v) is 11.3. The van der Waals surface area contributed by atoms with E-state index in [2.05, 4.69) is 20.2 Å². The van der Waals surface area contributed by atoms with Crippen LogP contribution in [0, 0.1) is 13.8 Å². The van der Waals surface area contributed by atoms with E-state index in [1.165, 1.54) is 0 Å². The summed E-state index contributed by atoms with van der Waals surface area (Å²) in [6.07, 6.45) is 3.85. The van der Waals surface area contributed by atoms with Crippen LogP contribution < -0.4 is 4.89 Å². The standard InChI is InChI=1S/C25H38NO5P/c1-20-16-23(18-24(27)17-20)9-7-12-26(3,4)13-14-31-32(29,30)15-6-5-8-22-11-10-21(2)25(28)19-22/h10-11,16-19H,5-9,12-15H2,1-4H3,(H2-,27,28,29,30). The third-order valence-corrected chi connectivity index (χ3v) is 7.20. The third-order valence-electron chi connectivity index (χ3n) is 5.76. The van der Waals surface area contributed by atoms with Gasteiger partial charge in [-0.15, -0.1) is 0 Å². The summed E-state index contributed by atoms with van der Waals surface area (Å²) in [7, 11) is 0.307. The molecule has 1 unspecified atom stereocenters. The molecule has 2 aromatic carbocycles. The minimum atomic E-state index is -3.84. The number of unbranched alkanes of at least 4 members (excludes halogenated alkanes) is 1. The van der Waals surface area contributed by atoms with Gasteiger partial charge in [0.05, 0.1) is 20.6 Å². The van der Waals surface area contributed by atoms with Gasteiger partial charge in [0.2, 0.25) is 0 Å². The molecule has 0 saturated carbocycles. The highest BCUT2D eigenvalue weighted by atomic mass is 31.2. The zero-order chi connectivity index (χ0) is 23.8. The fraction of sp³-hybridized carbons (Fsp3) is 0.520. The van der Waals surface area contributed by atoms with Crippen LogP contribution in [0.4, 0.5) is 0 Å². The van der Waals surface area contributed by atoms with E-state index in [0.717, 1.165) is 54.5 Å². The highest BCUT2D eigenvalue weighted by Gasteiger charge is 2.17. The van der Waals surface area contributed by atoms with Crippen molar-refractivity contribution in [2.24, 2.45) is 0 Å². The lowest BCUT2D eigenvalue weighted by Crippen LogP contribution is -2.43. The smallest absolute Gasteiger partial charge is 0.135 e.